The molecule has 4 nitrogen and oxygen atoms in total. The average Bonchev–Trinajstić information content (AvgIpc) is 2.74. The second-order valence-electron chi connectivity index (χ2n) is 3.78. The van der Waals surface area contributed by atoms with E-state index in [1.165, 1.54) is 15.6 Å². The van der Waals surface area contributed by atoms with Crippen LogP contribution in [0.15, 0.2) is 16.3 Å². The molecule has 1 aromatic rings. The molecule has 92 valence electrons. The van der Waals surface area contributed by atoms with E-state index in [-0.39, 0.29) is 18.4 Å². The van der Waals surface area contributed by atoms with E-state index in [2.05, 4.69) is 0 Å². The Bertz CT molecular complexity index is 458. The second kappa shape index (κ2) is 5.01. The zero-order chi connectivity index (χ0) is 11.1. The summed E-state index contributed by atoms with van der Waals surface area (Å²) in [7, 11) is -3.28. The highest BCUT2D eigenvalue weighted by molar-refractivity contribution is 7.91. The van der Waals surface area contributed by atoms with Gasteiger partial charge in [-0.05, 0) is 25.5 Å². The van der Waals surface area contributed by atoms with E-state index < -0.39 is 10.0 Å². The average molecular weight is 283 g/mol. The Hall–Kier alpha value is -0.140. The largest absolute Gasteiger partial charge is 0.326 e. The minimum atomic E-state index is -3.28. The molecule has 0 spiro atoms. The van der Waals surface area contributed by atoms with Gasteiger partial charge in [-0.15, -0.1) is 23.7 Å². The van der Waals surface area contributed by atoms with E-state index in [0.717, 1.165) is 11.3 Å². The first-order valence-electron chi connectivity index (χ1n) is 4.82. The topological polar surface area (TPSA) is 63.4 Å². The van der Waals surface area contributed by atoms with Crippen LogP contribution in [0.3, 0.4) is 0 Å². The predicted octanol–water partition coefficient (Wildman–Crippen LogP) is 1.20. The van der Waals surface area contributed by atoms with Gasteiger partial charge in [0.05, 0.1) is 0 Å². The molecular formula is C9H15ClN2O2S2. The van der Waals surface area contributed by atoms with Gasteiger partial charge in [0.15, 0.2) is 0 Å². The third-order valence-corrected chi connectivity index (χ3v) is 5.83. The quantitative estimate of drug-likeness (QED) is 0.887. The summed E-state index contributed by atoms with van der Waals surface area (Å²) in [5, 5.41) is 0. The predicted molar refractivity (Wildman–Crippen MR) is 67.7 cm³/mol. The maximum absolute atomic E-state index is 12.1. The molecule has 1 saturated heterocycles. The van der Waals surface area contributed by atoms with Gasteiger partial charge in [0, 0.05) is 24.0 Å². The fourth-order valence-electron chi connectivity index (χ4n) is 1.65. The number of halogens is 1. The number of sulfonamides is 1. The molecule has 0 bridgehead atoms. The van der Waals surface area contributed by atoms with Crippen molar-refractivity contribution in [3.05, 3.63) is 17.0 Å². The van der Waals surface area contributed by atoms with Crippen LogP contribution >= 0.6 is 23.7 Å². The van der Waals surface area contributed by atoms with Crippen LogP contribution in [-0.2, 0) is 10.0 Å². The van der Waals surface area contributed by atoms with Crippen molar-refractivity contribution in [1.29, 1.82) is 0 Å². The first-order valence-corrected chi connectivity index (χ1v) is 7.08. The van der Waals surface area contributed by atoms with Crippen LogP contribution in [0, 0.1) is 6.92 Å². The molecule has 7 heteroatoms. The van der Waals surface area contributed by atoms with Gasteiger partial charge < -0.3 is 5.73 Å². The fourth-order valence-corrected chi connectivity index (χ4v) is 4.60. The summed E-state index contributed by atoms with van der Waals surface area (Å²) in [6.45, 7) is 2.89. The molecule has 1 atom stereocenters. The van der Waals surface area contributed by atoms with Crippen LogP contribution < -0.4 is 5.73 Å². The molecule has 1 fully saturated rings. The zero-order valence-electron chi connectivity index (χ0n) is 8.92. The van der Waals surface area contributed by atoms with Crippen LogP contribution in [0.25, 0.3) is 0 Å². The van der Waals surface area contributed by atoms with Gasteiger partial charge in [0.25, 0.3) is 10.0 Å². The summed E-state index contributed by atoms with van der Waals surface area (Å²) in [6, 6.07) is 3.48. The Morgan fingerprint density at radius 3 is 2.62 bits per heavy atom. The van der Waals surface area contributed by atoms with Gasteiger partial charge in [0.1, 0.15) is 4.21 Å². The SMILES string of the molecule is Cc1ccc(S(=O)(=O)N2CC[C@H](N)C2)s1.Cl. The minimum Gasteiger partial charge on any atom is -0.326 e. The third kappa shape index (κ3) is 2.57. The van der Waals surface area contributed by atoms with Crippen LogP contribution in [0.4, 0.5) is 0 Å². The van der Waals surface area contributed by atoms with Crippen molar-refractivity contribution in [2.45, 2.75) is 23.6 Å². The second-order valence-corrected chi connectivity index (χ2v) is 7.23. The van der Waals surface area contributed by atoms with Crippen LogP contribution in [0.2, 0.25) is 0 Å². The van der Waals surface area contributed by atoms with Crippen molar-refractivity contribution in [1.82, 2.24) is 4.31 Å². The summed E-state index contributed by atoms with van der Waals surface area (Å²) in [4.78, 5) is 1.01. The molecule has 0 unspecified atom stereocenters. The standard InChI is InChI=1S/C9H14N2O2S2.ClH/c1-7-2-3-9(14-7)15(12,13)11-5-4-8(10)6-11;/h2-3,8H,4-6,10H2,1H3;1H/t8-;/m0./s1. The number of nitrogens with two attached hydrogens (primary N) is 1. The molecule has 1 aliphatic rings. The van der Waals surface area contributed by atoms with Crippen molar-refractivity contribution >= 4 is 33.8 Å². The number of nitrogens with zero attached hydrogens (tertiary/aromatic N) is 1. The normalized spacial score (nSPS) is 22.0. The number of hydrogen-bond acceptors (Lipinski definition) is 4. The smallest absolute Gasteiger partial charge is 0.252 e. The number of hydrogen-bond donors (Lipinski definition) is 1. The molecule has 16 heavy (non-hydrogen) atoms. The van der Waals surface area contributed by atoms with Gasteiger partial charge in [0.2, 0.25) is 0 Å². The Balaban J connectivity index is 0.00000128. The number of aryl methyl sites for hydroxylation is 1. The molecule has 1 aromatic heterocycles. The van der Waals surface area contributed by atoms with Gasteiger partial charge in [-0.3, -0.25) is 0 Å². The lowest BCUT2D eigenvalue weighted by Crippen LogP contribution is -2.31. The molecule has 2 rings (SSSR count). The van der Waals surface area contributed by atoms with E-state index in [4.69, 9.17) is 5.73 Å². The van der Waals surface area contributed by atoms with Crippen LogP contribution in [0.5, 0.6) is 0 Å². The van der Waals surface area contributed by atoms with E-state index in [1.54, 1.807) is 6.07 Å². The van der Waals surface area contributed by atoms with Gasteiger partial charge >= 0.3 is 0 Å². The lowest BCUT2D eigenvalue weighted by molar-refractivity contribution is 0.474. The summed E-state index contributed by atoms with van der Waals surface area (Å²) in [5.41, 5.74) is 5.70. The van der Waals surface area contributed by atoms with Crippen molar-refractivity contribution in [3.63, 3.8) is 0 Å². The van der Waals surface area contributed by atoms with Gasteiger partial charge in [-0.25, -0.2) is 8.42 Å². The lowest BCUT2D eigenvalue weighted by Gasteiger charge is -2.13. The van der Waals surface area contributed by atoms with Crippen molar-refractivity contribution in [2.24, 2.45) is 5.73 Å². The fraction of sp³-hybridized carbons (Fsp3) is 0.556. The number of rotatable bonds is 2. The first kappa shape index (κ1) is 13.9. The van der Waals surface area contributed by atoms with E-state index in [1.807, 2.05) is 13.0 Å². The highest BCUT2D eigenvalue weighted by Crippen LogP contribution is 2.26. The summed E-state index contributed by atoms with van der Waals surface area (Å²) in [5.74, 6) is 0. The maximum atomic E-state index is 12.1. The summed E-state index contributed by atoms with van der Waals surface area (Å²) in [6.07, 6.45) is 0.754. The molecule has 2 heterocycles. The molecule has 0 amide bonds. The molecule has 0 aliphatic carbocycles. The molecule has 1 aliphatic heterocycles. The van der Waals surface area contributed by atoms with E-state index in [0.29, 0.717) is 17.3 Å². The molecular weight excluding hydrogens is 268 g/mol. The Labute approximate surface area is 106 Å². The third-order valence-electron chi connectivity index (χ3n) is 2.50. The highest BCUT2D eigenvalue weighted by Gasteiger charge is 2.31. The monoisotopic (exact) mass is 282 g/mol. The Morgan fingerprint density at radius 1 is 1.50 bits per heavy atom. The van der Waals surface area contributed by atoms with Crippen LogP contribution in [-0.4, -0.2) is 31.9 Å². The van der Waals surface area contributed by atoms with E-state index in [9.17, 15) is 8.42 Å². The van der Waals surface area contributed by atoms with Crippen molar-refractivity contribution in [2.75, 3.05) is 13.1 Å². The van der Waals surface area contributed by atoms with Crippen molar-refractivity contribution < 1.29 is 8.42 Å². The Kier molecular flexibility index (Phi) is 4.36. The number of thiophene rings is 1. The van der Waals surface area contributed by atoms with Crippen LogP contribution in [0.1, 0.15) is 11.3 Å². The van der Waals surface area contributed by atoms with Gasteiger partial charge in [-0.1, -0.05) is 0 Å². The van der Waals surface area contributed by atoms with E-state index >= 15 is 0 Å². The molecule has 0 radical (unpaired) electrons. The summed E-state index contributed by atoms with van der Waals surface area (Å²) < 4.78 is 26.0. The summed E-state index contributed by atoms with van der Waals surface area (Å²) >= 11 is 1.31. The van der Waals surface area contributed by atoms with Crippen molar-refractivity contribution in [3.8, 4) is 0 Å². The molecule has 0 aromatic carbocycles. The zero-order valence-corrected chi connectivity index (χ0v) is 11.4. The lowest BCUT2D eigenvalue weighted by atomic mass is 10.3. The highest BCUT2D eigenvalue weighted by atomic mass is 35.5. The Morgan fingerprint density at radius 2 is 2.19 bits per heavy atom. The maximum Gasteiger partial charge on any atom is 0.252 e. The molecule has 2 N–H and O–H groups in total. The molecule has 0 saturated carbocycles. The first-order chi connectivity index (χ1) is 7.00. The minimum absolute atomic E-state index is 0. The van der Waals surface area contributed by atoms with Gasteiger partial charge in [-0.2, -0.15) is 4.31 Å².